The summed E-state index contributed by atoms with van der Waals surface area (Å²) in [5, 5.41) is 0. The Morgan fingerprint density at radius 3 is 2.11 bits per heavy atom. The van der Waals surface area contributed by atoms with Crippen LogP contribution in [0.1, 0.15) is 19.4 Å². The van der Waals surface area contributed by atoms with Gasteiger partial charge in [0.05, 0.1) is 7.11 Å². The van der Waals surface area contributed by atoms with Gasteiger partial charge in [0.25, 0.3) is 11.8 Å². The van der Waals surface area contributed by atoms with Crippen LogP contribution in [-0.4, -0.2) is 23.9 Å². The van der Waals surface area contributed by atoms with E-state index in [-0.39, 0.29) is 11.8 Å². The number of hydrogen-bond donors (Lipinski definition) is 0. The smallest absolute Gasteiger partial charge is 0.262 e. The first-order valence-electron chi connectivity index (χ1n) is 5.55. The van der Waals surface area contributed by atoms with Gasteiger partial charge in [-0.2, -0.15) is 4.98 Å². The summed E-state index contributed by atoms with van der Waals surface area (Å²) in [7, 11) is 1.50. The molecule has 2 heterocycles. The molecule has 0 saturated heterocycles. The average molecular weight is 246 g/mol. The second-order valence-corrected chi connectivity index (χ2v) is 4.19. The van der Waals surface area contributed by atoms with E-state index < -0.39 is 0 Å². The Morgan fingerprint density at radius 2 is 1.61 bits per heavy atom. The first kappa shape index (κ1) is 12.3. The number of nitrogens with zero attached hydrogens (tertiary/aromatic N) is 2. The molecule has 0 spiro atoms. The highest BCUT2D eigenvalue weighted by molar-refractivity contribution is 6.32. The number of aromatic nitrogens is 1. The minimum Gasteiger partial charge on any atom is -0.481 e. The number of anilines is 1. The molecule has 1 aliphatic heterocycles. The number of aryl methyl sites for hydroxylation is 1. The zero-order valence-electron chi connectivity index (χ0n) is 10.8. The van der Waals surface area contributed by atoms with Crippen molar-refractivity contribution in [2.45, 2.75) is 20.8 Å². The van der Waals surface area contributed by atoms with E-state index in [2.05, 4.69) is 4.98 Å². The Kier molecular flexibility index (Phi) is 2.90. The highest BCUT2D eigenvalue weighted by Gasteiger charge is 2.35. The lowest BCUT2D eigenvalue weighted by Crippen LogP contribution is -2.32. The maximum Gasteiger partial charge on any atom is 0.262 e. The SMILES string of the molecule is COc1nc(N2C(=O)C(C)=C(C)C2=O)ccc1C. The highest BCUT2D eigenvalue weighted by Crippen LogP contribution is 2.27. The molecule has 1 aromatic heterocycles. The van der Waals surface area contributed by atoms with Gasteiger partial charge in [0.15, 0.2) is 0 Å². The second-order valence-electron chi connectivity index (χ2n) is 4.19. The minimum atomic E-state index is -0.323. The maximum absolute atomic E-state index is 12.0. The van der Waals surface area contributed by atoms with Crippen LogP contribution >= 0.6 is 0 Å². The van der Waals surface area contributed by atoms with E-state index in [1.807, 2.05) is 6.92 Å². The molecule has 2 rings (SSSR count). The van der Waals surface area contributed by atoms with Crippen LogP contribution in [-0.2, 0) is 9.59 Å². The first-order chi connectivity index (χ1) is 8.47. The number of carbonyl (C=O) groups is 2. The van der Waals surface area contributed by atoms with Crippen LogP contribution in [0.3, 0.4) is 0 Å². The summed E-state index contributed by atoms with van der Waals surface area (Å²) in [5.41, 5.74) is 1.77. The van der Waals surface area contributed by atoms with E-state index in [0.29, 0.717) is 22.8 Å². The molecule has 5 heteroatoms. The number of rotatable bonds is 2. The number of methoxy groups -OCH3 is 1. The van der Waals surface area contributed by atoms with Crippen molar-refractivity contribution in [2.75, 3.05) is 12.0 Å². The quantitative estimate of drug-likeness (QED) is 0.744. The first-order valence-corrected chi connectivity index (χ1v) is 5.55. The summed E-state index contributed by atoms with van der Waals surface area (Å²) in [4.78, 5) is 29.2. The van der Waals surface area contributed by atoms with Crippen molar-refractivity contribution >= 4 is 17.6 Å². The van der Waals surface area contributed by atoms with E-state index in [1.165, 1.54) is 7.11 Å². The van der Waals surface area contributed by atoms with Gasteiger partial charge >= 0.3 is 0 Å². The van der Waals surface area contributed by atoms with Gasteiger partial charge in [-0.3, -0.25) is 9.59 Å². The maximum atomic E-state index is 12.0. The van der Waals surface area contributed by atoms with E-state index >= 15 is 0 Å². The fourth-order valence-electron chi connectivity index (χ4n) is 1.79. The van der Waals surface area contributed by atoms with Gasteiger partial charge < -0.3 is 4.74 Å². The van der Waals surface area contributed by atoms with Crippen molar-refractivity contribution < 1.29 is 14.3 Å². The van der Waals surface area contributed by atoms with E-state index in [1.54, 1.807) is 26.0 Å². The Bertz CT molecular complexity index is 552. The summed E-state index contributed by atoms with van der Waals surface area (Å²) in [6.07, 6.45) is 0. The number of imide groups is 1. The normalized spacial score (nSPS) is 15.7. The fourth-order valence-corrected chi connectivity index (χ4v) is 1.79. The molecule has 0 fully saturated rings. The molecule has 0 unspecified atom stereocenters. The van der Waals surface area contributed by atoms with Gasteiger partial charge in [-0.15, -0.1) is 0 Å². The molecule has 2 amide bonds. The zero-order chi connectivity index (χ0) is 13.4. The van der Waals surface area contributed by atoms with Crippen LogP contribution in [0.15, 0.2) is 23.3 Å². The van der Waals surface area contributed by atoms with E-state index in [4.69, 9.17) is 4.74 Å². The molecule has 18 heavy (non-hydrogen) atoms. The third-order valence-electron chi connectivity index (χ3n) is 3.07. The molecule has 94 valence electrons. The monoisotopic (exact) mass is 246 g/mol. The third-order valence-corrected chi connectivity index (χ3v) is 3.07. The number of ether oxygens (including phenoxy) is 1. The minimum absolute atomic E-state index is 0.295. The van der Waals surface area contributed by atoms with Crippen molar-refractivity contribution in [1.29, 1.82) is 0 Å². The average Bonchev–Trinajstić information content (AvgIpc) is 2.55. The summed E-state index contributed by atoms with van der Waals surface area (Å²) < 4.78 is 5.10. The van der Waals surface area contributed by atoms with Gasteiger partial charge in [0.1, 0.15) is 5.82 Å². The van der Waals surface area contributed by atoms with Crippen LogP contribution in [0.5, 0.6) is 5.88 Å². The molecule has 0 atom stereocenters. The van der Waals surface area contributed by atoms with Gasteiger partial charge in [-0.25, -0.2) is 4.90 Å². The van der Waals surface area contributed by atoms with Gasteiger partial charge in [0.2, 0.25) is 5.88 Å². The van der Waals surface area contributed by atoms with Crippen LogP contribution in [0.4, 0.5) is 5.82 Å². The molecule has 0 bridgehead atoms. The molecule has 0 N–H and O–H groups in total. The largest absolute Gasteiger partial charge is 0.481 e. The highest BCUT2D eigenvalue weighted by atomic mass is 16.5. The van der Waals surface area contributed by atoms with Crippen molar-refractivity contribution in [2.24, 2.45) is 0 Å². The van der Waals surface area contributed by atoms with Gasteiger partial charge in [-0.1, -0.05) is 6.07 Å². The van der Waals surface area contributed by atoms with E-state index in [0.717, 1.165) is 10.5 Å². The summed E-state index contributed by atoms with van der Waals surface area (Å²) in [6, 6.07) is 3.41. The lowest BCUT2D eigenvalue weighted by Gasteiger charge is -2.15. The molecule has 0 saturated carbocycles. The molecule has 0 aromatic carbocycles. The lowest BCUT2D eigenvalue weighted by atomic mass is 10.2. The Hall–Kier alpha value is -2.17. The molecular formula is C13H14N2O3. The lowest BCUT2D eigenvalue weighted by molar-refractivity contribution is -0.120. The van der Waals surface area contributed by atoms with Crippen LogP contribution in [0.2, 0.25) is 0 Å². The van der Waals surface area contributed by atoms with Crippen LogP contribution in [0.25, 0.3) is 0 Å². The zero-order valence-corrected chi connectivity index (χ0v) is 10.8. The summed E-state index contributed by atoms with van der Waals surface area (Å²) in [6.45, 7) is 5.12. The molecule has 0 radical (unpaired) electrons. The Labute approximate surface area is 105 Å². The third kappa shape index (κ3) is 1.68. The van der Waals surface area contributed by atoms with Crippen LogP contribution < -0.4 is 9.64 Å². The summed E-state index contributed by atoms with van der Waals surface area (Å²) in [5.74, 6) is 0.0609. The Balaban J connectivity index is 2.46. The van der Waals surface area contributed by atoms with E-state index in [9.17, 15) is 9.59 Å². The fraction of sp³-hybridized carbons (Fsp3) is 0.308. The van der Waals surface area contributed by atoms with Gasteiger partial charge in [0, 0.05) is 16.7 Å². The predicted molar refractivity (Wildman–Crippen MR) is 66.4 cm³/mol. The molecule has 0 aliphatic carbocycles. The topological polar surface area (TPSA) is 59.5 Å². The van der Waals surface area contributed by atoms with Crippen molar-refractivity contribution in [3.8, 4) is 5.88 Å². The predicted octanol–water partition coefficient (Wildman–Crippen LogP) is 1.61. The number of pyridine rings is 1. The number of amides is 2. The van der Waals surface area contributed by atoms with Crippen molar-refractivity contribution in [1.82, 2.24) is 4.98 Å². The van der Waals surface area contributed by atoms with Crippen molar-refractivity contribution in [3.05, 3.63) is 28.8 Å². The van der Waals surface area contributed by atoms with Crippen LogP contribution in [0, 0.1) is 6.92 Å². The standard InChI is InChI=1S/C13H14N2O3/c1-7-5-6-10(14-11(7)18-4)15-12(16)8(2)9(3)13(15)17/h5-6H,1-4H3. The molecule has 5 nitrogen and oxygen atoms in total. The second kappa shape index (κ2) is 4.25. The number of hydrogen-bond acceptors (Lipinski definition) is 4. The summed E-state index contributed by atoms with van der Waals surface area (Å²) >= 11 is 0. The number of carbonyl (C=O) groups excluding carboxylic acids is 2. The van der Waals surface area contributed by atoms with Crippen molar-refractivity contribution in [3.63, 3.8) is 0 Å². The molecule has 1 aromatic rings. The Morgan fingerprint density at radius 1 is 1.06 bits per heavy atom. The molecule has 1 aliphatic rings. The van der Waals surface area contributed by atoms with Gasteiger partial charge in [-0.05, 0) is 26.8 Å². The molecular weight excluding hydrogens is 232 g/mol.